The van der Waals surface area contributed by atoms with Crippen molar-refractivity contribution in [2.75, 3.05) is 5.75 Å². The molecule has 1 aromatic carbocycles. The lowest BCUT2D eigenvalue weighted by Gasteiger charge is -2.09. The quantitative estimate of drug-likeness (QED) is 0.775. The number of halogens is 1. The van der Waals surface area contributed by atoms with E-state index in [1.165, 1.54) is 5.56 Å². The van der Waals surface area contributed by atoms with Crippen molar-refractivity contribution in [3.8, 4) is 0 Å². The summed E-state index contributed by atoms with van der Waals surface area (Å²) in [5, 5.41) is 0. The van der Waals surface area contributed by atoms with Crippen LogP contribution >= 0.6 is 27.7 Å². The van der Waals surface area contributed by atoms with Crippen LogP contribution in [0, 0.1) is 0 Å². The Labute approximate surface area is 131 Å². The lowest BCUT2D eigenvalue weighted by Crippen LogP contribution is -2.13. The van der Waals surface area contributed by atoms with Crippen molar-refractivity contribution < 1.29 is 4.79 Å². The molecule has 3 rings (SSSR count). The minimum absolute atomic E-state index is 0.00847. The van der Waals surface area contributed by atoms with Crippen LogP contribution in [0.4, 0.5) is 0 Å². The molecule has 20 heavy (non-hydrogen) atoms. The second kappa shape index (κ2) is 6.10. The monoisotopic (exact) mass is 347 g/mol. The summed E-state index contributed by atoms with van der Waals surface area (Å²) in [5.74, 6) is 0.787. The van der Waals surface area contributed by atoms with Crippen molar-refractivity contribution in [3.63, 3.8) is 0 Å². The Morgan fingerprint density at radius 2 is 2.25 bits per heavy atom. The van der Waals surface area contributed by atoms with Gasteiger partial charge in [-0.05, 0) is 42.7 Å². The molecule has 102 valence electrons. The number of pyridine rings is 1. The van der Waals surface area contributed by atoms with E-state index in [2.05, 4.69) is 27.0 Å². The Morgan fingerprint density at radius 1 is 1.35 bits per heavy atom. The van der Waals surface area contributed by atoms with Gasteiger partial charge < -0.3 is 0 Å². The second-order valence-electron chi connectivity index (χ2n) is 4.85. The molecular formula is C16H14BrNOS. The summed E-state index contributed by atoms with van der Waals surface area (Å²) in [4.78, 5) is 17.9. The smallest absolute Gasteiger partial charge is 0.152 e. The Bertz CT molecular complexity index is 644. The molecule has 0 N–H and O–H groups in total. The highest BCUT2D eigenvalue weighted by Crippen LogP contribution is 2.33. The lowest BCUT2D eigenvalue weighted by molar-refractivity contribution is -0.118. The fourth-order valence-corrected chi connectivity index (χ4v) is 3.98. The summed E-state index contributed by atoms with van der Waals surface area (Å²) in [6.45, 7) is 0. The van der Waals surface area contributed by atoms with Gasteiger partial charge in [-0.3, -0.25) is 9.78 Å². The number of carbonyl (C=O) groups excluding carboxylic acids is 1. The molecule has 0 bridgehead atoms. The second-order valence-corrected chi connectivity index (χ2v) is 6.82. The van der Waals surface area contributed by atoms with Crippen molar-refractivity contribution >= 4 is 33.5 Å². The summed E-state index contributed by atoms with van der Waals surface area (Å²) < 4.78 is 1.04. The molecule has 0 fully saturated rings. The number of aryl methyl sites for hydroxylation is 1. The number of hydrogen-bond donors (Lipinski definition) is 0. The van der Waals surface area contributed by atoms with E-state index in [1.807, 2.05) is 30.3 Å². The molecule has 0 saturated heterocycles. The van der Waals surface area contributed by atoms with Crippen LogP contribution in [0.1, 0.15) is 23.6 Å². The van der Waals surface area contributed by atoms with Crippen LogP contribution in [0.15, 0.2) is 52.0 Å². The van der Waals surface area contributed by atoms with E-state index in [4.69, 9.17) is 0 Å². The molecule has 4 heteroatoms. The van der Waals surface area contributed by atoms with E-state index in [1.54, 1.807) is 18.0 Å². The van der Waals surface area contributed by atoms with Crippen LogP contribution in [0.2, 0.25) is 0 Å². The first-order valence-electron chi connectivity index (χ1n) is 6.59. The van der Waals surface area contributed by atoms with Gasteiger partial charge in [0.2, 0.25) is 0 Å². The van der Waals surface area contributed by atoms with Crippen LogP contribution in [-0.2, 0) is 11.2 Å². The molecule has 1 aliphatic rings. The Morgan fingerprint density at radius 3 is 3.10 bits per heavy atom. The van der Waals surface area contributed by atoms with E-state index in [0.29, 0.717) is 5.75 Å². The third kappa shape index (κ3) is 2.96. The van der Waals surface area contributed by atoms with E-state index < -0.39 is 0 Å². The Hall–Kier alpha value is -1.13. The minimum Gasteiger partial charge on any atom is -0.298 e. The van der Waals surface area contributed by atoms with Crippen molar-refractivity contribution in [1.82, 2.24) is 4.98 Å². The highest BCUT2D eigenvalue weighted by atomic mass is 79.9. The number of hydrogen-bond acceptors (Lipinski definition) is 3. The number of rotatable bonds is 4. The normalized spacial score (nSPS) is 16.9. The molecule has 2 nitrogen and oxygen atoms in total. The maximum atomic E-state index is 12.4. The fraction of sp³-hybridized carbons (Fsp3) is 0.250. The van der Waals surface area contributed by atoms with E-state index in [-0.39, 0.29) is 11.7 Å². The third-order valence-electron chi connectivity index (χ3n) is 3.52. The third-order valence-corrected chi connectivity index (χ3v) is 5.03. The molecule has 2 aromatic rings. The number of nitrogens with zero attached hydrogens (tertiary/aromatic N) is 1. The van der Waals surface area contributed by atoms with Crippen LogP contribution in [0.5, 0.6) is 0 Å². The number of aromatic nitrogens is 1. The maximum Gasteiger partial charge on any atom is 0.152 e. The molecular weight excluding hydrogens is 334 g/mol. The van der Waals surface area contributed by atoms with Gasteiger partial charge in [-0.25, -0.2) is 0 Å². The predicted octanol–water partition coefficient (Wildman–Crippen LogP) is 4.24. The lowest BCUT2D eigenvalue weighted by atomic mass is 10.0. The number of carbonyl (C=O) groups is 1. The first-order valence-corrected chi connectivity index (χ1v) is 8.37. The summed E-state index contributed by atoms with van der Waals surface area (Å²) in [7, 11) is 0. The highest BCUT2D eigenvalue weighted by Gasteiger charge is 2.29. The van der Waals surface area contributed by atoms with Crippen molar-refractivity contribution in [3.05, 3.63) is 58.3 Å². The number of thioether (sulfide) groups is 1. The predicted molar refractivity (Wildman–Crippen MR) is 85.2 cm³/mol. The van der Waals surface area contributed by atoms with Crippen LogP contribution < -0.4 is 0 Å². The van der Waals surface area contributed by atoms with Gasteiger partial charge in [0.15, 0.2) is 5.78 Å². The topological polar surface area (TPSA) is 30.0 Å². The van der Waals surface area contributed by atoms with Gasteiger partial charge in [0, 0.05) is 15.6 Å². The maximum absolute atomic E-state index is 12.4. The van der Waals surface area contributed by atoms with Crippen molar-refractivity contribution in [1.29, 1.82) is 0 Å². The van der Waals surface area contributed by atoms with Gasteiger partial charge >= 0.3 is 0 Å². The summed E-state index contributed by atoms with van der Waals surface area (Å²) in [6, 6.07) is 12.1. The number of fused-ring (bicyclic) bond motifs is 1. The molecule has 1 heterocycles. The molecule has 1 aliphatic carbocycles. The molecule has 0 radical (unpaired) electrons. The molecule has 0 aliphatic heterocycles. The Kier molecular flexibility index (Phi) is 4.22. The van der Waals surface area contributed by atoms with Gasteiger partial charge in [-0.1, -0.05) is 28.1 Å². The summed E-state index contributed by atoms with van der Waals surface area (Å²) >= 11 is 5.05. The summed E-state index contributed by atoms with van der Waals surface area (Å²) in [5.41, 5.74) is 2.23. The Balaban J connectivity index is 1.66. The largest absolute Gasteiger partial charge is 0.298 e. The molecule has 1 aromatic heterocycles. The van der Waals surface area contributed by atoms with E-state index in [0.717, 1.165) is 27.9 Å². The van der Waals surface area contributed by atoms with Gasteiger partial charge in [0.25, 0.3) is 0 Å². The fourth-order valence-electron chi connectivity index (χ4n) is 2.54. The zero-order chi connectivity index (χ0) is 13.9. The standard InChI is InChI=1S/C16H14BrNOS/c17-12-4-1-5-13(9-12)20-10-15(19)14-7-6-11-3-2-8-18-16(11)14/h1-5,8-9,14H,6-7,10H2. The molecule has 1 unspecified atom stereocenters. The highest BCUT2D eigenvalue weighted by molar-refractivity contribution is 9.10. The van der Waals surface area contributed by atoms with Gasteiger partial charge in [0.05, 0.1) is 17.4 Å². The van der Waals surface area contributed by atoms with Crippen LogP contribution in [-0.4, -0.2) is 16.5 Å². The van der Waals surface area contributed by atoms with Crippen LogP contribution in [0.3, 0.4) is 0 Å². The van der Waals surface area contributed by atoms with Crippen molar-refractivity contribution in [2.45, 2.75) is 23.7 Å². The minimum atomic E-state index is -0.00847. The van der Waals surface area contributed by atoms with Crippen LogP contribution in [0.25, 0.3) is 0 Å². The first-order chi connectivity index (χ1) is 9.74. The zero-order valence-electron chi connectivity index (χ0n) is 10.9. The number of ketones is 1. The molecule has 0 spiro atoms. The average molecular weight is 348 g/mol. The summed E-state index contributed by atoms with van der Waals surface area (Å²) in [6.07, 6.45) is 3.66. The average Bonchev–Trinajstić information content (AvgIpc) is 2.89. The number of Topliss-reactive ketones (excluding diaryl/α,β-unsaturated/α-hetero) is 1. The van der Waals surface area contributed by atoms with Gasteiger partial charge in [-0.15, -0.1) is 11.8 Å². The van der Waals surface area contributed by atoms with Gasteiger partial charge in [0.1, 0.15) is 0 Å². The van der Waals surface area contributed by atoms with E-state index >= 15 is 0 Å². The number of benzene rings is 1. The van der Waals surface area contributed by atoms with E-state index in [9.17, 15) is 4.79 Å². The zero-order valence-corrected chi connectivity index (χ0v) is 13.3. The van der Waals surface area contributed by atoms with Gasteiger partial charge in [-0.2, -0.15) is 0 Å². The first kappa shape index (κ1) is 13.8. The SMILES string of the molecule is O=C(CSc1cccc(Br)c1)C1CCc2cccnc21. The molecule has 1 atom stereocenters. The molecule has 0 amide bonds. The molecule has 0 saturated carbocycles. The van der Waals surface area contributed by atoms with Crippen molar-refractivity contribution in [2.24, 2.45) is 0 Å².